The minimum Gasteiger partial charge on any atom is -0.350 e. The number of carbonyl (C=O) groups excluding carboxylic acids is 1. The van der Waals surface area contributed by atoms with Crippen LogP contribution in [0.2, 0.25) is 0 Å². The maximum atomic E-state index is 13.0. The number of nitrogens with zero attached hydrogens (tertiary/aromatic N) is 5. The lowest BCUT2D eigenvalue weighted by Crippen LogP contribution is -2.34. The Hall–Kier alpha value is -2.71. The molecule has 1 amide bonds. The van der Waals surface area contributed by atoms with Gasteiger partial charge < -0.3 is 9.80 Å². The lowest BCUT2D eigenvalue weighted by Gasteiger charge is -2.30. The van der Waals surface area contributed by atoms with Gasteiger partial charge in [-0.2, -0.15) is 13.2 Å². The van der Waals surface area contributed by atoms with Crippen molar-refractivity contribution in [2.75, 3.05) is 24.5 Å². The fourth-order valence-electron chi connectivity index (χ4n) is 4.38. The zero-order valence-electron chi connectivity index (χ0n) is 15.9. The number of halogens is 3. The number of pyridine rings is 1. The molecule has 2 atom stereocenters. The van der Waals surface area contributed by atoms with Gasteiger partial charge in [0.25, 0.3) is 5.91 Å². The molecule has 29 heavy (non-hydrogen) atoms. The van der Waals surface area contributed by atoms with Gasteiger partial charge in [0.05, 0.1) is 5.56 Å². The first-order chi connectivity index (χ1) is 13.8. The highest BCUT2D eigenvalue weighted by atomic mass is 19.4. The zero-order chi connectivity index (χ0) is 20.3. The number of fused-ring (bicyclic) bond motifs is 2. The van der Waals surface area contributed by atoms with Gasteiger partial charge in [-0.25, -0.2) is 0 Å². The molecule has 1 saturated heterocycles. The average Bonchev–Trinajstić information content (AvgIpc) is 3.31. The summed E-state index contributed by atoms with van der Waals surface area (Å²) < 4.78 is 39.0. The molecule has 6 nitrogen and oxygen atoms in total. The summed E-state index contributed by atoms with van der Waals surface area (Å²) in [7, 11) is 0. The van der Waals surface area contributed by atoms with E-state index < -0.39 is 11.7 Å². The van der Waals surface area contributed by atoms with E-state index in [-0.39, 0.29) is 12.5 Å². The van der Waals surface area contributed by atoms with Crippen molar-refractivity contribution in [3.05, 3.63) is 46.4 Å². The molecule has 9 heteroatoms. The summed E-state index contributed by atoms with van der Waals surface area (Å²) in [6.07, 6.45) is -1.78. The van der Waals surface area contributed by atoms with Gasteiger partial charge >= 0.3 is 6.18 Å². The van der Waals surface area contributed by atoms with Crippen molar-refractivity contribution < 1.29 is 18.0 Å². The maximum absolute atomic E-state index is 13.0. The first kappa shape index (κ1) is 18.3. The van der Waals surface area contributed by atoms with Crippen molar-refractivity contribution in [1.29, 1.82) is 0 Å². The van der Waals surface area contributed by atoms with E-state index >= 15 is 0 Å². The molecule has 1 saturated carbocycles. The predicted octanol–water partition coefficient (Wildman–Crippen LogP) is 2.85. The zero-order valence-corrected chi connectivity index (χ0v) is 15.9. The molecule has 5 rings (SSSR count). The van der Waals surface area contributed by atoms with Gasteiger partial charge in [0.15, 0.2) is 11.5 Å². The molecule has 2 aliphatic heterocycles. The molecule has 152 valence electrons. The maximum Gasteiger partial charge on any atom is 0.417 e. The molecule has 1 aliphatic carbocycles. The van der Waals surface area contributed by atoms with E-state index in [1.54, 1.807) is 6.07 Å². The summed E-state index contributed by atoms with van der Waals surface area (Å²) in [5.41, 5.74) is 1.59. The van der Waals surface area contributed by atoms with Crippen LogP contribution in [-0.4, -0.2) is 45.6 Å². The van der Waals surface area contributed by atoms with Crippen LogP contribution < -0.4 is 4.90 Å². The van der Waals surface area contributed by atoms with Crippen LogP contribution in [-0.2, 0) is 19.1 Å². The summed E-state index contributed by atoms with van der Waals surface area (Å²) in [4.78, 5) is 20.4. The van der Waals surface area contributed by atoms with Crippen molar-refractivity contribution in [3.8, 4) is 0 Å². The van der Waals surface area contributed by atoms with Crippen LogP contribution in [0.4, 0.5) is 19.0 Å². The van der Waals surface area contributed by atoms with E-state index in [0.29, 0.717) is 47.6 Å². The Kier molecular flexibility index (Phi) is 4.04. The lowest BCUT2D eigenvalue weighted by molar-refractivity contribution is -0.137. The molecular weight excluding hydrogens is 383 g/mol. The number of hydrogen-bond donors (Lipinski definition) is 0. The number of piperidine rings is 1. The van der Waals surface area contributed by atoms with E-state index in [1.807, 2.05) is 16.7 Å². The second-order valence-corrected chi connectivity index (χ2v) is 8.20. The third kappa shape index (κ3) is 3.32. The van der Waals surface area contributed by atoms with Gasteiger partial charge in [0, 0.05) is 44.5 Å². The van der Waals surface area contributed by atoms with Gasteiger partial charge in [0.2, 0.25) is 0 Å². The Morgan fingerprint density at radius 1 is 1.17 bits per heavy atom. The van der Waals surface area contributed by atoms with Crippen LogP contribution in [0.1, 0.15) is 39.3 Å². The molecule has 3 aliphatic rings. The first-order valence-corrected chi connectivity index (χ1v) is 9.73. The third-order valence-corrected chi connectivity index (χ3v) is 6.11. The highest BCUT2D eigenvalue weighted by molar-refractivity contribution is 5.92. The summed E-state index contributed by atoms with van der Waals surface area (Å²) in [6.45, 7) is 4.31. The van der Waals surface area contributed by atoms with Crippen LogP contribution in [0.25, 0.3) is 0 Å². The Balaban J connectivity index is 1.35. The van der Waals surface area contributed by atoms with Gasteiger partial charge in [-0.3, -0.25) is 9.78 Å². The fraction of sp³-hybridized carbons (Fsp3) is 0.500. The molecule has 2 unspecified atom stereocenters. The van der Waals surface area contributed by atoms with Crippen LogP contribution in [0.3, 0.4) is 0 Å². The molecule has 2 aromatic heterocycles. The Bertz CT molecular complexity index is 983. The first-order valence-electron chi connectivity index (χ1n) is 9.73. The molecule has 4 heterocycles. The van der Waals surface area contributed by atoms with Gasteiger partial charge in [-0.1, -0.05) is 0 Å². The van der Waals surface area contributed by atoms with Crippen molar-refractivity contribution in [2.24, 2.45) is 11.8 Å². The fourth-order valence-corrected chi connectivity index (χ4v) is 4.38. The largest absolute Gasteiger partial charge is 0.417 e. The number of carbonyl (C=O) groups is 1. The van der Waals surface area contributed by atoms with Crippen LogP contribution in [0, 0.1) is 18.8 Å². The lowest BCUT2D eigenvalue weighted by atomic mass is 10.0. The molecule has 0 spiro atoms. The number of likely N-dealkylation sites (tertiary alicyclic amines) is 1. The van der Waals surface area contributed by atoms with Gasteiger partial charge in [-0.15, -0.1) is 10.2 Å². The summed E-state index contributed by atoms with van der Waals surface area (Å²) in [5.74, 6) is 1.79. The SMILES string of the molecule is Cc1cc(C(=O)N2CC3CC3C2)nnc1N1CCc2ncc(C(F)(F)F)cc2C1. The van der Waals surface area contributed by atoms with E-state index in [0.717, 1.165) is 30.9 Å². The summed E-state index contributed by atoms with van der Waals surface area (Å²) in [6, 6.07) is 2.89. The highest BCUT2D eigenvalue weighted by Crippen LogP contribution is 2.45. The second kappa shape index (κ2) is 6.40. The standard InChI is InChI=1S/C20H20F3N5O/c1-11-4-17(19(29)28-8-12-5-13(12)9-28)25-26-18(11)27-3-2-16-14(10-27)6-15(7-24-16)20(21,22)23/h4,6-7,12-13H,2-3,5,8-10H2,1H3. The average molecular weight is 403 g/mol. The van der Waals surface area contributed by atoms with Gasteiger partial charge in [0.1, 0.15) is 0 Å². The molecule has 0 radical (unpaired) electrons. The van der Waals surface area contributed by atoms with Crippen molar-refractivity contribution in [3.63, 3.8) is 0 Å². The molecule has 2 fully saturated rings. The number of hydrogen-bond acceptors (Lipinski definition) is 5. The van der Waals surface area contributed by atoms with E-state index in [9.17, 15) is 18.0 Å². The molecule has 0 bridgehead atoms. The van der Waals surface area contributed by atoms with E-state index in [2.05, 4.69) is 15.2 Å². The monoisotopic (exact) mass is 403 g/mol. The second-order valence-electron chi connectivity index (χ2n) is 8.20. The van der Waals surface area contributed by atoms with Crippen molar-refractivity contribution in [2.45, 2.75) is 32.5 Å². The Morgan fingerprint density at radius 2 is 1.93 bits per heavy atom. The number of aryl methyl sites for hydroxylation is 1. The van der Waals surface area contributed by atoms with E-state index in [4.69, 9.17) is 0 Å². The van der Waals surface area contributed by atoms with Crippen LogP contribution >= 0.6 is 0 Å². The van der Waals surface area contributed by atoms with Gasteiger partial charge in [-0.05, 0) is 48.4 Å². The van der Waals surface area contributed by atoms with Crippen LogP contribution in [0.15, 0.2) is 18.3 Å². The van der Waals surface area contributed by atoms with Crippen LogP contribution in [0.5, 0.6) is 0 Å². The highest BCUT2D eigenvalue weighted by Gasteiger charge is 2.47. The number of alkyl halides is 3. The quantitative estimate of drug-likeness (QED) is 0.772. The summed E-state index contributed by atoms with van der Waals surface area (Å²) in [5, 5.41) is 8.39. The normalized spacial score (nSPS) is 23.0. The minimum atomic E-state index is -4.42. The topological polar surface area (TPSA) is 62.2 Å². The number of aromatic nitrogens is 3. The number of anilines is 1. The van der Waals surface area contributed by atoms with E-state index in [1.165, 1.54) is 6.42 Å². The Morgan fingerprint density at radius 3 is 2.62 bits per heavy atom. The number of amides is 1. The third-order valence-electron chi connectivity index (χ3n) is 6.11. The predicted molar refractivity (Wildman–Crippen MR) is 98.3 cm³/mol. The molecule has 0 aromatic carbocycles. The van der Waals surface area contributed by atoms with Crippen molar-refractivity contribution in [1.82, 2.24) is 20.1 Å². The molecule has 0 N–H and O–H groups in total. The summed E-state index contributed by atoms with van der Waals surface area (Å²) >= 11 is 0. The number of rotatable bonds is 2. The molecule has 2 aromatic rings. The smallest absolute Gasteiger partial charge is 0.350 e. The Labute approximate surface area is 165 Å². The molecular formula is C20H20F3N5O. The van der Waals surface area contributed by atoms with Crippen molar-refractivity contribution >= 4 is 11.7 Å². The minimum absolute atomic E-state index is 0.0950.